The summed E-state index contributed by atoms with van der Waals surface area (Å²) in [6.45, 7) is 5.72. The van der Waals surface area contributed by atoms with Crippen molar-refractivity contribution in [2.24, 2.45) is 17.8 Å². The van der Waals surface area contributed by atoms with Crippen LogP contribution in [0, 0.1) is 17.8 Å². The van der Waals surface area contributed by atoms with Crippen LogP contribution in [0.5, 0.6) is 0 Å². The highest BCUT2D eigenvalue weighted by Crippen LogP contribution is 2.26. The van der Waals surface area contributed by atoms with Gasteiger partial charge < -0.3 is 0 Å². The molecular formula is C28H39N3O5S. The van der Waals surface area contributed by atoms with Gasteiger partial charge in [0.2, 0.25) is 21.8 Å². The van der Waals surface area contributed by atoms with Crippen molar-refractivity contribution in [2.75, 3.05) is 5.75 Å². The number of hydrogen-bond donors (Lipinski definition) is 3. The molecular weight excluding hydrogens is 490 g/mol. The van der Waals surface area contributed by atoms with E-state index >= 15 is 0 Å². The fourth-order valence-corrected chi connectivity index (χ4v) is 5.46. The van der Waals surface area contributed by atoms with Gasteiger partial charge in [0.25, 0.3) is 0 Å². The van der Waals surface area contributed by atoms with E-state index in [1.54, 1.807) is 35.8 Å². The zero-order chi connectivity index (χ0) is 27.3. The summed E-state index contributed by atoms with van der Waals surface area (Å²) in [6.07, 6.45) is 5.30. The fraction of sp³-hybridized carbons (Fsp3) is 0.429. The zero-order valence-corrected chi connectivity index (χ0v) is 22.7. The first-order valence-corrected chi connectivity index (χ1v) is 14.3. The molecule has 0 saturated carbocycles. The van der Waals surface area contributed by atoms with Crippen LogP contribution >= 0.6 is 0 Å². The third-order valence-electron chi connectivity index (χ3n) is 5.99. The maximum atomic E-state index is 13.6. The summed E-state index contributed by atoms with van der Waals surface area (Å²) in [5.41, 5.74) is 5.96. The van der Waals surface area contributed by atoms with Crippen LogP contribution in [0.4, 0.5) is 0 Å². The minimum absolute atomic E-state index is 0.0300. The highest BCUT2D eigenvalue weighted by atomic mass is 32.2. The lowest BCUT2D eigenvalue weighted by Gasteiger charge is -2.29. The van der Waals surface area contributed by atoms with E-state index in [0.29, 0.717) is 19.3 Å². The lowest BCUT2D eigenvalue weighted by Crippen LogP contribution is -2.51. The molecule has 2 aromatic carbocycles. The minimum Gasteiger partial charge on any atom is -0.289 e. The number of unbranched alkanes of at least 4 members (excludes halogenated alkanes) is 1. The van der Waals surface area contributed by atoms with Gasteiger partial charge in [-0.1, -0.05) is 100 Å². The van der Waals surface area contributed by atoms with Crippen molar-refractivity contribution >= 4 is 27.9 Å². The molecule has 0 aliphatic carbocycles. The number of carbonyl (C=O) groups is 2. The minimum atomic E-state index is -3.81. The Kier molecular flexibility index (Phi) is 12.5. The highest BCUT2D eigenvalue weighted by Gasteiger charge is 2.36. The predicted molar refractivity (Wildman–Crippen MR) is 145 cm³/mol. The molecule has 3 N–H and O–H groups in total. The Hall–Kier alpha value is -3.01. The SMILES string of the molecule is CCCCS(=O)(=O)N(Cc1ccccc1)NC(=O)[C@H](CC(C)C)[C@H](CC=Cc1ccccc1)C(=O)NO. The molecule has 0 unspecified atom stereocenters. The molecule has 0 aliphatic rings. The number of hydrogen-bond acceptors (Lipinski definition) is 5. The maximum Gasteiger partial charge on any atom is 0.247 e. The van der Waals surface area contributed by atoms with E-state index in [1.807, 2.05) is 63.2 Å². The van der Waals surface area contributed by atoms with Crippen molar-refractivity contribution in [3.8, 4) is 0 Å². The van der Waals surface area contributed by atoms with Gasteiger partial charge in [-0.2, -0.15) is 0 Å². The summed E-state index contributed by atoms with van der Waals surface area (Å²) in [4.78, 5) is 26.3. The fourth-order valence-electron chi connectivity index (χ4n) is 4.01. The zero-order valence-electron chi connectivity index (χ0n) is 21.8. The van der Waals surface area contributed by atoms with E-state index < -0.39 is 33.7 Å². The number of benzene rings is 2. The van der Waals surface area contributed by atoms with Crippen LogP contribution in [0.1, 0.15) is 57.6 Å². The lowest BCUT2D eigenvalue weighted by molar-refractivity contribution is -0.142. The predicted octanol–water partition coefficient (Wildman–Crippen LogP) is 4.54. The standard InChI is InChI=1S/C28H39N3O5S/c1-4-5-19-37(35,36)31(21-24-15-10-7-11-16-24)29-27(32)26(20-22(2)3)25(28(33)30-34)18-12-17-23-13-8-6-9-14-23/h6-17,22,25-26,34H,4-5,18-21H2,1-3H3,(H,29,32)(H,30,33)/t25-,26+/m0/s1. The Morgan fingerprint density at radius 2 is 1.59 bits per heavy atom. The summed E-state index contributed by atoms with van der Waals surface area (Å²) < 4.78 is 27.3. The molecule has 0 saturated heterocycles. The van der Waals surface area contributed by atoms with E-state index in [0.717, 1.165) is 15.5 Å². The van der Waals surface area contributed by atoms with Crippen LogP contribution < -0.4 is 10.9 Å². The molecule has 2 aromatic rings. The number of nitrogens with one attached hydrogen (secondary N) is 2. The van der Waals surface area contributed by atoms with Crippen LogP contribution in [0.2, 0.25) is 0 Å². The summed E-state index contributed by atoms with van der Waals surface area (Å²) in [5, 5.41) is 9.43. The Labute approximate surface area is 220 Å². The maximum absolute atomic E-state index is 13.6. The molecule has 0 aromatic heterocycles. The Bertz CT molecular complexity index is 1110. The lowest BCUT2D eigenvalue weighted by atomic mass is 9.82. The Morgan fingerprint density at radius 1 is 0.973 bits per heavy atom. The van der Waals surface area contributed by atoms with E-state index in [4.69, 9.17) is 0 Å². The molecule has 9 heteroatoms. The van der Waals surface area contributed by atoms with Crippen LogP contribution in [0.15, 0.2) is 66.7 Å². The van der Waals surface area contributed by atoms with Crippen LogP contribution in [0.3, 0.4) is 0 Å². The number of hydrazine groups is 1. The number of carbonyl (C=O) groups excluding carboxylic acids is 2. The van der Waals surface area contributed by atoms with Crippen molar-refractivity contribution in [3.63, 3.8) is 0 Å². The second-order valence-corrected chi connectivity index (χ2v) is 11.5. The van der Waals surface area contributed by atoms with E-state index in [1.165, 1.54) is 0 Å². The van der Waals surface area contributed by atoms with Crippen LogP contribution in [-0.4, -0.2) is 35.6 Å². The molecule has 0 aliphatic heterocycles. The van der Waals surface area contributed by atoms with Crippen molar-refractivity contribution in [3.05, 3.63) is 77.9 Å². The molecule has 0 radical (unpaired) electrons. The quantitative estimate of drug-likeness (QED) is 0.231. The molecule has 8 nitrogen and oxygen atoms in total. The molecule has 2 amide bonds. The van der Waals surface area contributed by atoms with Gasteiger partial charge >= 0.3 is 0 Å². The molecule has 2 rings (SSSR count). The van der Waals surface area contributed by atoms with Crippen LogP contribution in [-0.2, 0) is 26.2 Å². The normalized spacial score (nSPS) is 13.6. The Balaban J connectivity index is 2.33. The molecule has 0 heterocycles. The molecule has 2 atom stereocenters. The molecule has 37 heavy (non-hydrogen) atoms. The average molecular weight is 530 g/mol. The van der Waals surface area contributed by atoms with Crippen molar-refractivity contribution in [2.45, 2.75) is 53.0 Å². The van der Waals surface area contributed by atoms with Gasteiger partial charge in [-0.25, -0.2) is 13.9 Å². The third-order valence-corrected chi connectivity index (χ3v) is 7.69. The number of nitrogens with zero attached hydrogens (tertiary/aromatic N) is 1. The van der Waals surface area contributed by atoms with E-state index in [9.17, 15) is 23.2 Å². The number of amides is 2. The summed E-state index contributed by atoms with van der Waals surface area (Å²) in [5.74, 6) is -3.10. The summed E-state index contributed by atoms with van der Waals surface area (Å²) >= 11 is 0. The summed E-state index contributed by atoms with van der Waals surface area (Å²) in [6, 6.07) is 18.5. The van der Waals surface area contributed by atoms with Crippen molar-refractivity contribution in [1.29, 1.82) is 0 Å². The number of rotatable bonds is 15. The monoisotopic (exact) mass is 529 g/mol. The van der Waals surface area contributed by atoms with Gasteiger partial charge in [0.05, 0.1) is 24.1 Å². The highest BCUT2D eigenvalue weighted by molar-refractivity contribution is 7.89. The van der Waals surface area contributed by atoms with Gasteiger partial charge in [-0.3, -0.25) is 20.2 Å². The number of allylic oxidation sites excluding steroid dienone is 1. The topological polar surface area (TPSA) is 116 Å². The smallest absolute Gasteiger partial charge is 0.247 e. The first kappa shape index (κ1) is 30.2. The molecule has 202 valence electrons. The largest absolute Gasteiger partial charge is 0.289 e. The molecule has 0 spiro atoms. The van der Waals surface area contributed by atoms with E-state index in [2.05, 4.69) is 5.43 Å². The van der Waals surface area contributed by atoms with Gasteiger partial charge in [0, 0.05) is 0 Å². The third kappa shape index (κ3) is 10.1. The second kappa shape index (κ2) is 15.3. The molecule has 0 bridgehead atoms. The number of sulfonamides is 1. The van der Waals surface area contributed by atoms with Crippen molar-refractivity contribution < 1.29 is 23.2 Å². The van der Waals surface area contributed by atoms with Gasteiger partial charge in [-0.15, -0.1) is 4.41 Å². The first-order chi connectivity index (χ1) is 17.7. The first-order valence-electron chi connectivity index (χ1n) is 12.7. The average Bonchev–Trinajstić information content (AvgIpc) is 2.89. The number of hydroxylamine groups is 1. The van der Waals surface area contributed by atoms with E-state index in [-0.39, 0.29) is 24.6 Å². The Morgan fingerprint density at radius 3 is 2.16 bits per heavy atom. The van der Waals surface area contributed by atoms with Gasteiger partial charge in [0.15, 0.2) is 0 Å². The van der Waals surface area contributed by atoms with Gasteiger partial charge in [0.1, 0.15) is 0 Å². The van der Waals surface area contributed by atoms with Gasteiger partial charge in [-0.05, 0) is 36.3 Å². The van der Waals surface area contributed by atoms with Crippen molar-refractivity contribution in [1.82, 2.24) is 15.3 Å². The summed E-state index contributed by atoms with van der Waals surface area (Å²) in [7, 11) is -3.81. The van der Waals surface area contributed by atoms with Crippen LogP contribution in [0.25, 0.3) is 6.08 Å². The second-order valence-electron chi connectivity index (χ2n) is 9.51. The molecule has 0 fully saturated rings.